The van der Waals surface area contributed by atoms with Crippen molar-refractivity contribution in [3.05, 3.63) is 17.8 Å². The summed E-state index contributed by atoms with van der Waals surface area (Å²) in [5, 5.41) is 0. The highest BCUT2D eigenvalue weighted by Gasteiger charge is 2.44. The highest BCUT2D eigenvalue weighted by Crippen LogP contribution is 2.35. The molecule has 0 bridgehead atoms. The second-order valence-electron chi connectivity index (χ2n) is 6.60. The van der Waals surface area contributed by atoms with Crippen molar-refractivity contribution in [3.63, 3.8) is 0 Å². The molecular weight excluding hydrogens is 336 g/mol. The van der Waals surface area contributed by atoms with Crippen LogP contribution in [-0.4, -0.2) is 42.4 Å². The van der Waals surface area contributed by atoms with E-state index >= 15 is 0 Å². The quantitative estimate of drug-likeness (QED) is 0.693. The zero-order valence-electron chi connectivity index (χ0n) is 15.4. The minimum absolute atomic E-state index is 0.0348. The molecule has 1 amide bonds. The molecule has 0 aromatic carbocycles. The molecule has 3 rings (SSSR count). The van der Waals surface area contributed by atoms with Crippen LogP contribution in [-0.2, 0) is 20.7 Å². The third kappa shape index (κ3) is 3.92. The number of esters is 1. The topological polar surface area (TPSA) is 78.0 Å². The normalized spacial score (nSPS) is 21.9. The largest absolute Gasteiger partial charge is 0.480 e. The molecule has 7 nitrogen and oxygen atoms in total. The van der Waals surface area contributed by atoms with Crippen LogP contribution in [0.1, 0.15) is 51.6 Å². The van der Waals surface area contributed by atoms with E-state index in [4.69, 9.17) is 14.2 Å². The number of aryl methyl sites for hydroxylation is 1. The van der Waals surface area contributed by atoms with Gasteiger partial charge in [-0.15, -0.1) is 0 Å². The lowest BCUT2D eigenvalue weighted by molar-refractivity contribution is -0.145. The summed E-state index contributed by atoms with van der Waals surface area (Å²) in [6.07, 6.45) is 5.25. The molecule has 0 N–H and O–H groups in total. The van der Waals surface area contributed by atoms with Gasteiger partial charge in [0.15, 0.2) is 6.61 Å². The molecule has 2 fully saturated rings. The lowest BCUT2D eigenvalue weighted by Gasteiger charge is -2.27. The number of nitrogens with zero attached hydrogens (tertiary/aromatic N) is 2. The van der Waals surface area contributed by atoms with Gasteiger partial charge in [0.05, 0.1) is 18.3 Å². The van der Waals surface area contributed by atoms with Crippen molar-refractivity contribution < 1.29 is 23.8 Å². The van der Waals surface area contributed by atoms with Crippen LogP contribution in [0.3, 0.4) is 0 Å². The van der Waals surface area contributed by atoms with Gasteiger partial charge >= 0.3 is 12.1 Å². The molecule has 1 saturated carbocycles. The summed E-state index contributed by atoms with van der Waals surface area (Å²) in [4.78, 5) is 30.2. The van der Waals surface area contributed by atoms with E-state index in [9.17, 15) is 9.59 Å². The van der Waals surface area contributed by atoms with Crippen LogP contribution in [0.25, 0.3) is 0 Å². The van der Waals surface area contributed by atoms with Gasteiger partial charge in [-0.2, -0.15) is 0 Å². The number of hydrogen-bond donors (Lipinski definition) is 0. The summed E-state index contributed by atoms with van der Waals surface area (Å²) in [5.41, 5.74) is 0.737. The van der Waals surface area contributed by atoms with Gasteiger partial charge in [0.2, 0.25) is 0 Å². The van der Waals surface area contributed by atoms with Crippen molar-refractivity contribution >= 4 is 17.9 Å². The fraction of sp³-hybridized carbons (Fsp3) is 0.632. The average molecular weight is 362 g/mol. The molecule has 2 atom stereocenters. The number of ether oxygens (including phenoxy) is 3. The Labute approximate surface area is 153 Å². The van der Waals surface area contributed by atoms with E-state index < -0.39 is 5.97 Å². The Morgan fingerprint density at radius 2 is 2.12 bits per heavy atom. The summed E-state index contributed by atoms with van der Waals surface area (Å²) < 4.78 is 16.0. The summed E-state index contributed by atoms with van der Waals surface area (Å²) >= 11 is 0. The first kappa shape index (κ1) is 18.5. The molecule has 0 unspecified atom stereocenters. The van der Waals surface area contributed by atoms with Crippen molar-refractivity contribution in [2.24, 2.45) is 0 Å². The van der Waals surface area contributed by atoms with Crippen molar-refractivity contribution in [2.45, 2.75) is 64.5 Å². The van der Waals surface area contributed by atoms with Gasteiger partial charge in [0.25, 0.3) is 0 Å². The van der Waals surface area contributed by atoms with E-state index in [1.807, 2.05) is 6.92 Å². The Kier molecular flexibility index (Phi) is 5.96. The van der Waals surface area contributed by atoms with Gasteiger partial charge in [-0.3, -0.25) is 4.90 Å². The van der Waals surface area contributed by atoms with Gasteiger partial charge in [-0.1, -0.05) is 19.8 Å². The molecule has 142 valence electrons. The molecular formula is C19H26N2O5. The Hall–Kier alpha value is -2.31. The smallest absolute Gasteiger partial charge is 0.416 e. The maximum absolute atomic E-state index is 12.4. The molecule has 1 aliphatic carbocycles. The maximum Gasteiger partial charge on any atom is 0.416 e. The second kappa shape index (κ2) is 8.38. The number of hydrogen-bond acceptors (Lipinski definition) is 6. The molecule has 1 aliphatic heterocycles. The molecule has 2 heterocycles. The summed E-state index contributed by atoms with van der Waals surface area (Å²) in [6, 6.07) is 3.60. The lowest BCUT2D eigenvalue weighted by Crippen LogP contribution is -2.39. The Balaban J connectivity index is 1.79. The monoisotopic (exact) mass is 362 g/mol. The number of pyridine rings is 1. The lowest BCUT2D eigenvalue weighted by atomic mass is 9.92. The first-order valence-electron chi connectivity index (χ1n) is 9.42. The van der Waals surface area contributed by atoms with Gasteiger partial charge in [-0.25, -0.2) is 14.6 Å². The van der Waals surface area contributed by atoms with E-state index in [0.717, 1.165) is 37.8 Å². The van der Waals surface area contributed by atoms with E-state index in [2.05, 4.69) is 4.98 Å². The minimum Gasteiger partial charge on any atom is -0.480 e. The first-order valence-corrected chi connectivity index (χ1v) is 9.42. The third-order valence-corrected chi connectivity index (χ3v) is 4.75. The summed E-state index contributed by atoms with van der Waals surface area (Å²) in [6.45, 7) is 3.97. The van der Waals surface area contributed by atoms with Crippen LogP contribution in [0.15, 0.2) is 12.1 Å². The van der Waals surface area contributed by atoms with Crippen molar-refractivity contribution in [3.8, 4) is 5.75 Å². The zero-order valence-corrected chi connectivity index (χ0v) is 15.4. The van der Waals surface area contributed by atoms with E-state index in [-0.39, 0.29) is 24.8 Å². The fourth-order valence-corrected chi connectivity index (χ4v) is 3.59. The maximum atomic E-state index is 12.4. The number of carbonyl (C=O) groups excluding carboxylic acids is 2. The zero-order chi connectivity index (χ0) is 18.5. The highest BCUT2D eigenvalue weighted by atomic mass is 16.6. The van der Waals surface area contributed by atoms with Crippen molar-refractivity contribution in [2.75, 3.05) is 18.1 Å². The van der Waals surface area contributed by atoms with Crippen LogP contribution in [0.4, 0.5) is 10.6 Å². The molecule has 1 aromatic rings. The SMILES string of the molecule is CCCc1nc(N2C(=O)O[C@@H]3CCCC[C@H]32)ccc1OCC(=O)OCC. The van der Waals surface area contributed by atoms with Crippen LogP contribution >= 0.6 is 0 Å². The average Bonchev–Trinajstić information content (AvgIpc) is 2.97. The van der Waals surface area contributed by atoms with E-state index in [1.165, 1.54) is 0 Å². The summed E-state index contributed by atoms with van der Waals surface area (Å²) in [5.74, 6) is 0.736. The molecule has 0 radical (unpaired) electrons. The summed E-state index contributed by atoms with van der Waals surface area (Å²) in [7, 11) is 0. The van der Waals surface area contributed by atoms with Crippen LogP contribution in [0.5, 0.6) is 5.75 Å². The van der Waals surface area contributed by atoms with E-state index in [0.29, 0.717) is 24.6 Å². The van der Waals surface area contributed by atoms with Crippen LogP contribution in [0.2, 0.25) is 0 Å². The second-order valence-corrected chi connectivity index (χ2v) is 6.60. The predicted octanol–water partition coefficient (Wildman–Crippen LogP) is 3.24. The molecule has 1 saturated heterocycles. The third-order valence-electron chi connectivity index (χ3n) is 4.75. The Morgan fingerprint density at radius 1 is 1.31 bits per heavy atom. The van der Waals surface area contributed by atoms with Gasteiger partial charge in [0, 0.05) is 0 Å². The number of fused-ring (bicyclic) bond motifs is 1. The standard InChI is InChI=1S/C19H26N2O5/c1-3-7-13-15(25-12-18(22)24-4-2)10-11-17(20-13)21-14-8-5-6-9-16(14)26-19(21)23/h10-11,14,16H,3-9,12H2,1-2H3/t14-,16-/m1/s1. The predicted molar refractivity (Wildman–Crippen MR) is 95.4 cm³/mol. The Bertz CT molecular complexity index is 663. The first-order chi connectivity index (χ1) is 12.6. The van der Waals surface area contributed by atoms with Crippen molar-refractivity contribution in [1.82, 2.24) is 4.98 Å². The van der Waals surface area contributed by atoms with Crippen LogP contribution < -0.4 is 9.64 Å². The fourth-order valence-electron chi connectivity index (χ4n) is 3.59. The molecule has 7 heteroatoms. The highest BCUT2D eigenvalue weighted by molar-refractivity contribution is 5.89. The van der Waals surface area contributed by atoms with Gasteiger partial charge in [-0.05, 0) is 44.7 Å². The number of rotatable bonds is 7. The number of anilines is 1. The minimum atomic E-state index is -0.410. The van der Waals surface area contributed by atoms with E-state index in [1.54, 1.807) is 24.0 Å². The van der Waals surface area contributed by atoms with Gasteiger partial charge < -0.3 is 14.2 Å². The number of aromatic nitrogens is 1. The van der Waals surface area contributed by atoms with Gasteiger partial charge in [0.1, 0.15) is 17.7 Å². The molecule has 26 heavy (non-hydrogen) atoms. The Morgan fingerprint density at radius 3 is 2.88 bits per heavy atom. The molecule has 1 aromatic heterocycles. The number of carbonyl (C=O) groups is 2. The number of amides is 1. The molecule has 2 aliphatic rings. The molecule has 0 spiro atoms. The van der Waals surface area contributed by atoms with Crippen LogP contribution in [0, 0.1) is 0 Å². The van der Waals surface area contributed by atoms with Crippen molar-refractivity contribution in [1.29, 1.82) is 0 Å².